The Balaban J connectivity index is 3.16. The number of carboxylic acids is 1. The molecule has 2 N–H and O–H groups in total. The van der Waals surface area contributed by atoms with Crippen LogP contribution in [0.1, 0.15) is 33.2 Å². The van der Waals surface area contributed by atoms with E-state index in [1.807, 2.05) is 0 Å². The first-order valence-electron chi connectivity index (χ1n) is 5.33. The number of hydrogen-bond acceptors (Lipinski definition) is 4. The number of Topliss-reactive ketones (excluding diaryl/α,β-unsaturated/α-hetero) is 1. The molecule has 0 atom stereocenters. The molecule has 1 amide bonds. The van der Waals surface area contributed by atoms with Gasteiger partial charge in [0.1, 0.15) is 4.88 Å². The van der Waals surface area contributed by atoms with Crippen molar-refractivity contribution < 1.29 is 32.7 Å². The molecule has 0 aliphatic heterocycles. The van der Waals surface area contributed by atoms with E-state index in [2.05, 4.69) is 0 Å². The lowest BCUT2D eigenvalue weighted by molar-refractivity contribution is -0.167. The fourth-order valence-corrected chi connectivity index (χ4v) is 2.28. The number of nitrogens with one attached hydrogen (secondary N) is 1. The Morgan fingerprint density at radius 1 is 1.30 bits per heavy atom. The first-order chi connectivity index (χ1) is 9.04. The van der Waals surface area contributed by atoms with Gasteiger partial charge in [0.2, 0.25) is 0 Å². The van der Waals surface area contributed by atoms with E-state index in [-0.39, 0.29) is 4.88 Å². The van der Waals surface area contributed by atoms with Crippen LogP contribution in [0.2, 0.25) is 0 Å². The smallest absolute Gasteiger partial charge is 0.471 e. The zero-order valence-electron chi connectivity index (χ0n) is 10.4. The first kappa shape index (κ1) is 16.2. The van der Waals surface area contributed by atoms with E-state index in [1.54, 1.807) is 13.8 Å². The Morgan fingerprint density at radius 3 is 2.25 bits per heavy atom. The predicted octanol–water partition coefficient (Wildman–Crippen LogP) is 2.79. The summed E-state index contributed by atoms with van der Waals surface area (Å²) in [5.41, 5.74) is -0.533. The maximum absolute atomic E-state index is 12.1. The van der Waals surface area contributed by atoms with Crippen LogP contribution in [0.4, 0.5) is 18.9 Å². The molecule has 0 aliphatic carbocycles. The van der Waals surface area contributed by atoms with Gasteiger partial charge >= 0.3 is 18.1 Å². The number of rotatable bonds is 4. The van der Waals surface area contributed by atoms with E-state index in [1.165, 1.54) is 5.32 Å². The van der Waals surface area contributed by atoms with Gasteiger partial charge in [-0.3, -0.25) is 9.59 Å². The quantitative estimate of drug-likeness (QED) is 0.838. The SMILES string of the molecule is CC(C)C(=O)c1cc(NC(=O)C(F)(F)F)c(C(=O)O)s1. The van der Waals surface area contributed by atoms with Crippen molar-refractivity contribution in [2.45, 2.75) is 20.0 Å². The highest BCUT2D eigenvalue weighted by Crippen LogP contribution is 2.30. The van der Waals surface area contributed by atoms with Crippen molar-refractivity contribution in [3.8, 4) is 0 Å². The Bertz CT molecular complexity index is 563. The molecular weight excluding hydrogens is 299 g/mol. The van der Waals surface area contributed by atoms with Gasteiger partial charge in [-0.05, 0) is 6.07 Å². The average molecular weight is 309 g/mol. The van der Waals surface area contributed by atoms with Crippen LogP contribution in [0.3, 0.4) is 0 Å². The van der Waals surface area contributed by atoms with Crippen LogP contribution in [0.5, 0.6) is 0 Å². The highest BCUT2D eigenvalue weighted by atomic mass is 32.1. The van der Waals surface area contributed by atoms with Crippen molar-refractivity contribution in [2.24, 2.45) is 5.92 Å². The Kier molecular flexibility index (Phi) is 4.53. The lowest BCUT2D eigenvalue weighted by Gasteiger charge is -2.06. The Labute approximate surface area is 115 Å². The van der Waals surface area contributed by atoms with Crippen molar-refractivity contribution in [1.29, 1.82) is 0 Å². The average Bonchev–Trinajstić information content (AvgIpc) is 2.70. The summed E-state index contributed by atoms with van der Waals surface area (Å²) in [5, 5.41) is 10.3. The Hall–Kier alpha value is -1.90. The molecule has 1 aromatic rings. The molecule has 1 heterocycles. The van der Waals surface area contributed by atoms with Crippen molar-refractivity contribution in [3.63, 3.8) is 0 Å². The van der Waals surface area contributed by atoms with Gasteiger partial charge in [-0.1, -0.05) is 13.8 Å². The van der Waals surface area contributed by atoms with E-state index in [0.29, 0.717) is 11.3 Å². The molecule has 0 radical (unpaired) electrons. The number of alkyl halides is 3. The third kappa shape index (κ3) is 3.56. The normalized spacial score (nSPS) is 11.5. The summed E-state index contributed by atoms with van der Waals surface area (Å²) < 4.78 is 36.4. The summed E-state index contributed by atoms with van der Waals surface area (Å²) >= 11 is 0.526. The molecule has 0 fully saturated rings. The molecular formula is C11H10F3NO4S. The van der Waals surface area contributed by atoms with Gasteiger partial charge < -0.3 is 10.4 Å². The minimum atomic E-state index is -5.14. The molecule has 0 aromatic carbocycles. The molecule has 1 aromatic heterocycles. The van der Waals surface area contributed by atoms with Crippen LogP contribution in [-0.2, 0) is 4.79 Å². The number of carbonyl (C=O) groups is 3. The van der Waals surface area contributed by atoms with E-state index < -0.39 is 40.3 Å². The maximum atomic E-state index is 12.1. The second-order valence-electron chi connectivity index (χ2n) is 4.13. The number of carboxylic acid groups (broad SMARTS) is 1. The molecule has 110 valence electrons. The summed E-state index contributed by atoms with van der Waals surface area (Å²) in [5.74, 6) is -4.66. The molecule has 0 unspecified atom stereocenters. The highest BCUT2D eigenvalue weighted by Gasteiger charge is 2.39. The largest absolute Gasteiger partial charge is 0.477 e. The fourth-order valence-electron chi connectivity index (χ4n) is 1.24. The van der Waals surface area contributed by atoms with E-state index in [9.17, 15) is 27.6 Å². The molecule has 0 aliphatic rings. The van der Waals surface area contributed by atoms with E-state index in [0.717, 1.165) is 6.07 Å². The van der Waals surface area contributed by atoms with Gasteiger partial charge in [-0.2, -0.15) is 13.2 Å². The van der Waals surface area contributed by atoms with Crippen molar-refractivity contribution in [2.75, 3.05) is 5.32 Å². The molecule has 20 heavy (non-hydrogen) atoms. The first-order valence-corrected chi connectivity index (χ1v) is 6.15. The lowest BCUT2D eigenvalue weighted by Crippen LogP contribution is -2.30. The van der Waals surface area contributed by atoms with Gasteiger partial charge in [0.15, 0.2) is 5.78 Å². The second-order valence-corrected chi connectivity index (χ2v) is 5.18. The lowest BCUT2D eigenvalue weighted by atomic mass is 10.1. The van der Waals surface area contributed by atoms with Crippen molar-refractivity contribution in [1.82, 2.24) is 0 Å². The molecule has 0 spiro atoms. The van der Waals surface area contributed by atoms with E-state index >= 15 is 0 Å². The van der Waals surface area contributed by atoms with Crippen LogP contribution in [-0.4, -0.2) is 28.9 Å². The standard InChI is InChI=1S/C11H10F3NO4S/c1-4(2)7(16)6-3-5(8(20-6)9(17)18)15-10(19)11(12,13)14/h3-4H,1-2H3,(H,15,19)(H,17,18). The summed E-state index contributed by atoms with van der Waals surface area (Å²) in [6.45, 7) is 3.13. The van der Waals surface area contributed by atoms with E-state index in [4.69, 9.17) is 5.11 Å². The summed E-state index contributed by atoms with van der Waals surface area (Å²) in [6.07, 6.45) is -5.14. The third-order valence-corrected chi connectivity index (χ3v) is 3.34. The molecule has 0 saturated carbocycles. The number of amides is 1. The fraction of sp³-hybridized carbons (Fsp3) is 0.364. The number of thiophene rings is 1. The molecule has 1 rings (SSSR count). The van der Waals surface area contributed by atoms with Gasteiger partial charge in [0.25, 0.3) is 0 Å². The third-order valence-electron chi connectivity index (χ3n) is 2.20. The van der Waals surface area contributed by atoms with Gasteiger partial charge in [-0.15, -0.1) is 11.3 Å². The molecule has 0 bridgehead atoms. The summed E-state index contributed by atoms with van der Waals surface area (Å²) in [7, 11) is 0. The maximum Gasteiger partial charge on any atom is 0.471 e. The zero-order valence-corrected chi connectivity index (χ0v) is 11.2. The summed E-state index contributed by atoms with van der Waals surface area (Å²) in [4.78, 5) is 32.9. The number of halogens is 3. The van der Waals surface area contributed by atoms with Crippen molar-refractivity contribution in [3.05, 3.63) is 15.8 Å². The van der Waals surface area contributed by atoms with Crippen LogP contribution in [0, 0.1) is 5.92 Å². The summed E-state index contributed by atoms with van der Waals surface area (Å²) in [6, 6.07) is 0.945. The number of carbonyl (C=O) groups excluding carboxylic acids is 2. The zero-order chi connectivity index (χ0) is 15.7. The highest BCUT2D eigenvalue weighted by molar-refractivity contribution is 7.16. The topological polar surface area (TPSA) is 83.5 Å². The monoisotopic (exact) mass is 309 g/mol. The van der Waals surface area contributed by atoms with Crippen LogP contribution in [0.25, 0.3) is 0 Å². The number of anilines is 1. The number of ketones is 1. The minimum absolute atomic E-state index is 0.0186. The van der Waals surface area contributed by atoms with Gasteiger partial charge in [0, 0.05) is 5.92 Å². The minimum Gasteiger partial charge on any atom is -0.477 e. The molecule has 9 heteroatoms. The predicted molar refractivity (Wildman–Crippen MR) is 65.1 cm³/mol. The van der Waals surface area contributed by atoms with Crippen LogP contribution >= 0.6 is 11.3 Å². The van der Waals surface area contributed by atoms with Gasteiger partial charge in [0.05, 0.1) is 10.6 Å². The van der Waals surface area contributed by atoms with Gasteiger partial charge in [-0.25, -0.2) is 4.79 Å². The number of aromatic carboxylic acids is 1. The van der Waals surface area contributed by atoms with Crippen LogP contribution < -0.4 is 5.32 Å². The van der Waals surface area contributed by atoms with Crippen molar-refractivity contribution >= 4 is 34.7 Å². The molecule has 5 nitrogen and oxygen atoms in total. The second kappa shape index (κ2) is 5.61. The Morgan fingerprint density at radius 2 is 1.85 bits per heavy atom. The molecule has 0 saturated heterocycles. The number of hydrogen-bond donors (Lipinski definition) is 2. The van der Waals surface area contributed by atoms with Crippen LogP contribution in [0.15, 0.2) is 6.07 Å².